The van der Waals surface area contributed by atoms with Crippen LogP contribution in [-0.2, 0) is 0 Å². The molecule has 0 unspecified atom stereocenters. The Labute approximate surface area is 145 Å². The van der Waals surface area contributed by atoms with Crippen LogP contribution in [0.4, 0.5) is 0 Å². The number of fused-ring (bicyclic) bond motifs is 1. The first-order valence-corrected chi connectivity index (χ1v) is 8.36. The van der Waals surface area contributed by atoms with E-state index in [1.54, 1.807) is 29.1 Å². The van der Waals surface area contributed by atoms with Gasteiger partial charge in [0.1, 0.15) is 6.33 Å². The van der Waals surface area contributed by atoms with Crippen molar-refractivity contribution in [2.75, 3.05) is 0 Å². The number of ether oxygens (including phenoxy) is 1. The SMILES string of the molecule is Cc1cc(Oc2ccccn2)nc2c(C(=O)N[C@@H](C)C3CC3)ncn12. The molecule has 1 N–H and O–H groups in total. The van der Waals surface area contributed by atoms with Gasteiger partial charge >= 0.3 is 0 Å². The highest BCUT2D eigenvalue weighted by Crippen LogP contribution is 2.32. The number of hydrogen-bond donors (Lipinski definition) is 1. The van der Waals surface area contributed by atoms with Crippen LogP contribution in [0.1, 0.15) is 35.9 Å². The van der Waals surface area contributed by atoms with Crippen LogP contribution >= 0.6 is 0 Å². The molecule has 1 amide bonds. The third-order valence-electron chi connectivity index (χ3n) is 4.42. The maximum atomic E-state index is 12.6. The van der Waals surface area contributed by atoms with Crippen molar-refractivity contribution >= 4 is 11.6 Å². The third-order valence-corrected chi connectivity index (χ3v) is 4.42. The van der Waals surface area contributed by atoms with Crippen LogP contribution in [0.5, 0.6) is 11.8 Å². The number of nitrogens with one attached hydrogen (secondary N) is 1. The lowest BCUT2D eigenvalue weighted by molar-refractivity contribution is 0.0933. The monoisotopic (exact) mass is 337 g/mol. The first kappa shape index (κ1) is 15.6. The summed E-state index contributed by atoms with van der Waals surface area (Å²) >= 11 is 0. The van der Waals surface area contributed by atoms with E-state index in [0.717, 1.165) is 5.69 Å². The number of aromatic nitrogens is 4. The second-order valence-corrected chi connectivity index (χ2v) is 6.39. The quantitative estimate of drug-likeness (QED) is 0.774. The summed E-state index contributed by atoms with van der Waals surface area (Å²) in [5.74, 6) is 1.21. The number of carbonyl (C=O) groups is 1. The summed E-state index contributed by atoms with van der Waals surface area (Å²) in [6, 6.07) is 7.35. The molecule has 1 fully saturated rings. The maximum absolute atomic E-state index is 12.6. The van der Waals surface area contributed by atoms with Gasteiger partial charge in [-0.05, 0) is 38.7 Å². The van der Waals surface area contributed by atoms with Gasteiger partial charge in [0.25, 0.3) is 5.91 Å². The molecule has 3 heterocycles. The minimum atomic E-state index is -0.205. The van der Waals surface area contributed by atoms with Crippen LogP contribution in [-0.4, -0.2) is 31.3 Å². The Morgan fingerprint density at radius 2 is 2.16 bits per heavy atom. The number of rotatable bonds is 5. The Hall–Kier alpha value is -2.96. The van der Waals surface area contributed by atoms with Crippen molar-refractivity contribution in [1.29, 1.82) is 0 Å². The average Bonchev–Trinajstić information content (AvgIpc) is 3.36. The van der Waals surface area contributed by atoms with Gasteiger partial charge in [-0.25, -0.2) is 9.97 Å². The van der Waals surface area contributed by atoms with Gasteiger partial charge in [0.2, 0.25) is 11.8 Å². The summed E-state index contributed by atoms with van der Waals surface area (Å²) in [5, 5.41) is 3.02. The Morgan fingerprint density at radius 3 is 2.88 bits per heavy atom. The summed E-state index contributed by atoms with van der Waals surface area (Å²) < 4.78 is 7.49. The molecule has 0 radical (unpaired) electrons. The molecule has 1 saturated carbocycles. The average molecular weight is 337 g/mol. The van der Waals surface area contributed by atoms with Crippen molar-refractivity contribution < 1.29 is 9.53 Å². The molecule has 0 spiro atoms. The highest BCUT2D eigenvalue weighted by molar-refractivity contribution is 5.98. The van der Waals surface area contributed by atoms with E-state index in [2.05, 4.69) is 20.3 Å². The van der Waals surface area contributed by atoms with E-state index in [1.807, 2.05) is 26.0 Å². The van der Waals surface area contributed by atoms with E-state index in [4.69, 9.17) is 4.74 Å². The van der Waals surface area contributed by atoms with Crippen molar-refractivity contribution in [2.45, 2.75) is 32.7 Å². The molecule has 0 saturated heterocycles. The molecule has 0 aliphatic heterocycles. The van der Waals surface area contributed by atoms with Crippen LogP contribution in [0, 0.1) is 12.8 Å². The maximum Gasteiger partial charge on any atom is 0.274 e. The zero-order valence-electron chi connectivity index (χ0n) is 14.1. The van der Waals surface area contributed by atoms with E-state index >= 15 is 0 Å². The number of hydrogen-bond acceptors (Lipinski definition) is 5. The lowest BCUT2D eigenvalue weighted by Gasteiger charge is -2.11. The minimum Gasteiger partial charge on any atom is -0.421 e. The van der Waals surface area contributed by atoms with Gasteiger partial charge in [-0.1, -0.05) is 6.07 Å². The van der Waals surface area contributed by atoms with Crippen molar-refractivity contribution in [2.24, 2.45) is 5.92 Å². The van der Waals surface area contributed by atoms with Gasteiger partial charge < -0.3 is 10.1 Å². The molecule has 7 nitrogen and oxygen atoms in total. The summed E-state index contributed by atoms with van der Waals surface area (Å²) in [6.45, 7) is 3.94. The smallest absolute Gasteiger partial charge is 0.274 e. The van der Waals surface area contributed by atoms with Gasteiger partial charge in [-0.3, -0.25) is 9.20 Å². The molecule has 128 valence electrons. The van der Waals surface area contributed by atoms with E-state index in [1.165, 1.54) is 12.8 Å². The first-order valence-electron chi connectivity index (χ1n) is 8.36. The van der Waals surface area contributed by atoms with E-state index in [9.17, 15) is 4.79 Å². The Balaban J connectivity index is 1.65. The lowest BCUT2D eigenvalue weighted by atomic mass is 10.2. The molecule has 3 aromatic heterocycles. The minimum absolute atomic E-state index is 0.151. The Morgan fingerprint density at radius 1 is 1.32 bits per heavy atom. The molecular weight excluding hydrogens is 318 g/mol. The van der Waals surface area contributed by atoms with Crippen molar-refractivity contribution in [3.63, 3.8) is 0 Å². The number of aryl methyl sites for hydroxylation is 1. The fraction of sp³-hybridized carbons (Fsp3) is 0.333. The van der Waals surface area contributed by atoms with Gasteiger partial charge in [0.05, 0.1) is 0 Å². The molecule has 25 heavy (non-hydrogen) atoms. The Kier molecular flexibility index (Phi) is 3.83. The van der Waals surface area contributed by atoms with Crippen LogP contribution < -0.4 is 10.1 Å². The Bertz CT molecular complexity index is 918. The lowest BCUT2D eigenvalue weighted by Crippen LogP contribution is -2.34. The van der Waals surface area contributed by atoms with Gasteiger partial charge in [-0.2, -0.15) is 4.98 Å². The first-order chi connectivity index (χ1) is 12.1. The number of pyridine rings is 1. The number of carbonyl (C=O) groups excluding carboxylic acids is 1. The molecule has 0 bridgehead atoms. The van der Waals surface area contributed by atoms with Crippen molar-refractivity contribution in [3.05, 3.63) is 48.2 Å². The molecule has 7 heteroatoms. The second-order valence-electron chi connectivity index (χ2n) is 6.39. The predicted octanol–water partition coefficient (Wildman–Crippen LogP) is 2.75. The molecule has 4 rings (SSSR count). The molecule has 0 aromatic carbocycles. The standard InChI is InChI=1S/C18H19N5O2/c1-11-9-15(25-14-5-3-4-8-19-14)22-17-16(20-10-23(11)17)18(24)21-12(2)13-6-7-13/h3-5,8-10,12-13H,6-7H2,1-2H3,(H,21,24)/t12-/m0/s1. The second kappa shape index (κ2) is 6.16. The fourth-order valence-corrected chi connectivity index (χ4v) is 2.81. The van der Waals surface area contributed by atoms with E-state index < -0.39 is 0 Å². The van der Waals surface area contributed by atoms with Gasteiger partial charge in [-0.15, -0.1) is 0 Å². The largest absolute Gasteiger partial charge is 0.421 e. The van der Waals surface area contributed by atoms with E-state index in [0.29, 0.717) is 29.0 Å². The fourth-order valence-electron chi connectivity index (χ4n) is 2.81. The van der Waals surface area contributed by atoms with E-state index in [-0.39, 0.29) is 11.9 Å². The van der Waals surface area contributed by atoms with Gasteiger partial charge in [0.15, 0.2) is 11.3 Å². The number of nitrogens with zero attached hydrogens (tertiary/aromatic N) is 4. The topological polar surface area (TPSA) is 81.4 Å². The third kappa shape index (κ3) is 3.17. The number of imidazole rings is 1. The van der Waals surface area contributed by atoms with Crippen molar-refractivity contribution in [1.82, 2.24) is 24.7 Å². The zero-order valence-corrected chi connectivity index (χ0v) is 14.1. The summed E-state index contributed by atoms with van der Waals surface area (Å²) in [6.07, 6.45) is 5.60. The molecule has 1 atom stereocenters. The highest BCUT2D eigenvalue weighted by Gasteiger charge is 2.30. The summed E-state index contributed by atoms with van der Waals surface area (Å²) in [7, 11) is 0. The summed E-state index contributed by atoms with van der Waals surface area (Å²) in [5.41, 5.74) is 1.66. The summed E-state index contributed by atoms with van der Waals surface area (Å²) in [4.78, 5) is 25.4. The molecule has 1 aliphatic carbocycles. The predicted molar refractivity (Wildman–Crippen MR) is 91.7 cm³/mol. The van der Waals surface area contributed by atoms with Crippen molar-refractivity contribution in [3.8, 4) is 11.8 Å². The molecule has 1 aliphatic rings. The molecular formula is C18H19N5O2. The zero-order chi connectivity index (χ0) is 17.4. The normalized spacial score (nSPS) is 15.1. The molecule has 3 aromatic rings. The van der Waals surface area contributed by atoms with Crippen LogP contribution in [0.25, 0.3) is 5.65 Å². The van der Waals surface area contributed by atoms with Crippen LogP contribution in [0.2, 0.25) is 0 Å². The van der Waals surface area contributed by atoms with Crippen LogP contribution in [0.3, 0.4) is 0 Å². The highest BCUT2D eigenvalue weighted by atomic mass is 16.5. The van der Waals surface area contributed by atoms with Crippen LogP contribution in [0.15, 0.2) is 36.8 Å². The van der Waals surface area contributed by atoms with Gasteiger partial charge in [0, 0.05) is 30.1 Å². The number of amides is 1.